The fraction of sp³-hybridized carbons (Fsp3) is 0.308. The third-order valence-electron chi connectivity index (χ3n) is 2.20. The number of methoxy groups -OCH3 is 1. The van der Waals surface area contributed by atoms with Crippen LogP contribution < -0.4 is 15.5 Å². The van der Waals surface area contributed by atoms with Gasteiger partial charge in [0.05, 0.1) is 13.3 Å². The Hall–Kier alpha value is -2.15. The smallest absolute Gasteiger partial charge is 0.343 e. The van der Waals surface area contributed by atoms with Crippen molar-refractivity contribution in [2.75, 3.05) is 20.3 Å². The van der Waals surface area contributed by atoms with E-state index in [0.29, 0.717) is 10.9 Å². The number of esters is 1. The lowest BCUT2D eigenvalue weighted by molar-refractivity contribution is -0.142. The maximum Gasteiger partial charge on any atom is 0.343 e. The number of nitrogens with one attached hydrogen (secondary N) is 2. The molecule has 0 radical (unpaired) electrons. The molecule has 0 saturated carbocycles. The summed E-state index contributed by atoms with van der Waals surface area (Å²) in [7, 11) is 1.31. The topological polar surface area (TPSA) is 72.0 Å². The zero-order valence-electron chi connectivity index (χ0n) is 11.4. The molecule has 1 rings (SSSR count). The number of nitrogens with zero attached hydrogens (tertiary/aromatic N) is 1. The fourth-order valence-electron chi connectivity index (χ4n) is 1.27. The second-order valence-corrected chi connectivity index (χ2v) is 4.04. The Kier molecular flexibility index (Phi) is 7.05. The van der Waals surface area contributed by atoms with Crippen LogP contribution in [0.1, 0.15) is 12.5 Å². The molecule has 6 nitrogen and oxygen atoms in total. The standard InChI is InChI=1S/C13H17N3O3S/c1-3-14-13(20)16-15-8-10-6-4-5-7-11(10)19-9-12(17)18-2/h4-8H,3,9H2,1-2H3,(H2,14,16,20)/b15-8-. The van der Waals surface area contributed by atoms with E-state index < -0.39 is 5.97 Å². The third-order valence-corrected chi connectivity index (χ3v) is 2.43. The molecule has 0 aliphatic carbocycles. The Bertz CT molecular complexity index is 492. The summed E-state index contributed by atoms with van der Waals surface area (Å²) in [5, 5.41) is 7.34. The highest BCUT2D eigenvalue weighted by molar-refractivity contribution is 7.80. The molecule has 108 valence electrons. The molecule has 0 atom stereocenters. The first-order valence-electron chi connectivity index (χ1n) is 6.03. The van der Waals surface area contributed by atoms with Crippen LogP contribution in [0.4, 0.5) is 0 Å². The molecule has 1 aromatic carbocycles. The molecule has 0 aliphatic heterocycles. The van der Waals surface area contributed by atoms with E-state index in [1.807, 2.05) is 19.1 Å². The second-order valence-electron chi connectivity index (χ2n) is 3.63. The molecule has 0 bridgehead atoms. The molecule has 1 aromatic rings. The highest BCUT2D eigenvalue weighted by atomic mass is 32.1. The normalized spacial score (nSPS) is 10.1. The maximum absolute atomic E-state index is 11.1. The minimum atomic E-state index is -0.441. The number of rotatable bonds is 6. The Morgan fingerprint density at radius 1 is 1.45 bits per heavy atom. The van der Waals surface area contributed by atoms with Crippen LogP contribution in [0.5, 0.6) is 5.75 Å². The lowest BCUT2D eigenvalue weighted by atomic mass is 10.2. The fourth-order valence-corrected chi connectivity index (χ4v) is 1.47. The maximum atomic E-state index is 11.1. The van der Waals surface area contributed by atoms with Crippen LogP contribution in [-0.4, -0.2) is 37.6 Å². The van der Waals surface area contributed by atoms with E-state index in [0.717, 1.165) is 12.1 Å². The molecule has 0 heterocycles. The van der Waals surface area contributed by atoms with E-state index in [1.54, 1.807) is 18.3 Å². The van der Waals surface area contributed by atoms with E-state index in [9.17, 15) is 4.79 Å². The van der Waals surface area contributed by atoms with Gasteiger partial charge in [-0.05, 0) is 31.3 Å². The number of carbonyl (C=O) groups is 1. The van der Waals surface area contributed by atoms with Crippen LogP contribution in [0.15, 0.2) is 29.4 Å². The van der Waals surface area contributed by atoms with Gasteiger partial charge in [-0.3, -0.25) is 5.43 Å². The number of hydrogen-bond acceptors (Lipinski definition) is 5. The number of carbonyl (C=O) groups excluding carboxylic acids is 1. The third kappa shape index (κ3) is 5.66. The van der Waals surface area contributed by atoms with Crippen molar-refractivity contribution in [1.82, 2.24) is 10.7 Å². The lowest BCUT2D eigenvalue weighted by Crippen LogP contribution is -2.31. The molecule has 7 heteroatoms. The Morgan fingerprint density at radius 3 is 2.90 bits per heavy atom. The van der Waals surface area contributed by atoms with Gasteiger partial charge in [0.2, 0.25) is 0 Å². The van der Waals surface area contributed by atoms with Gasteiger partial charge in [-0.15, -0.1) is 0 Å². The van der Waals surface area contributed by atoms with Gasteiger partial charge in [0.1, 0.15) is 5.75 Å². The summed E-state index contributed by atoms with van der Waals surface area (Å²) >= 11 is 4.97. The van der Waals surface area contributed by atoms with Crippen LogP contribution >= 0.6 is 12.2 Å². The van der Waals surface area contributed by atoms with E-state index in [4.69, 9.17) is 17.0 Å². The van der Waals surface area contributed by atoms with Gasteiger partial charge in [0, 0.05) is 12.1 Å². The number of thiocarbonyl (C=S) groups is 1. The first-order chi connectivity index (χ1) is 9.67. The van der Waals surface area contributed by atoms with E-state index in [-0.39, 0.29) is 6.61 Å². The average molecular weight is 295 g/mol. The van der Waals surface area contributed by atoms with Crippen LogP contribution in [-0.2, 0) is 9.53 Å². The van der Waals surface area contributed by atoms with Crippen LogP contribution in [0.3, 0.4) is 0 Å². The van der Waals surface area contributed by atoms with Crippen molar-refractivity contribution in [2.24, 2.45) is 5.10 Å². The molecule has 0 amide bonds. The molecule has 0 aliphatic rings. The molecule has 0 saturated heterocycles. The van der Waals surface area contributed by atoms with Crippen molar-refractivity contribution < 1.29 is 14.3 Å². The van der Waals surface area contributed by atoms with Crippen LogP contribution in [0.2, 0.25) is 0 Å². The van der Waals surface area contributed by atoms with Crippen LogP contribution in [0.25, 0.3) is 0 Å². The summed E-state index contributed by atoms with van der Waals surface area (Å²) in [6, 6.07) is 7.20. The quantitative estimate of drug-likeness (QED) is 0.354. The predicted molar refractivity (Wildman–Crippen MR) is 81.0 cm³/mol. The number of ether oxygens (including phenoxy) is 2. The molecule has 20 heavy (non-hydrogen) atoms. The van der Waals surface area contributed by atoms with Crippen molar-refractivity contribution in [3.05, 3.63) is 29.8 Å². The van der Waals surface area contributed by atoms with Gasteiger partial charge < -0.3 is 14.8 Å². The van der Waals surface area contributed by atoms with Crippen LogP contribution in [0, 0.1) is 0 Å². The summed E-state index contributed by atoms with van der Waals surface area (Å²) in [5.74, 6) is 0.0982. The SMILES string of the molecule is CCNC(=S)N/N=C\c1ccccc1OCC(=O)OC. The van der Waals surface area contributed by atoms with Crippen molar-refractivity contribution in [3.63, 3.8) is 0 Å². The zero-order chi connectivity index (χ0) is 14.8. The molecule has 0 aromatic heterocycles. The van der Waals surface area contributed by atoms with Crippen molar-refractivity contribution in [1.29, 1.82) is 0 Å². The predicted octanol–water partition coefficient (Wildman–Crippen LogP) is 1.06. The van der Waals surface area contributed by atoms with Gasteiger partial charge in [0.15, 0.2) is 11.7 Å². The summed E-state index contributed by atoms with van der Waals surface area (Å²) in [6.07, 6.45) is 1.57. The highest BCUT2D eigenvalue weighted by Gasteiger charge is 2.04. The van der Waals surface area contributed by atoms with Gasteiger partial charge in [-0.25, -0.2) is 4.79 Å². The number of benzene rings is 1. The van der Waals surface area contributed by atoms with Crippen molar-refractivity contribution in [2.45, 2.75) is 6.92 Å². The van der Waals surface area contributed by atoms with E-state index in [1.165, 1.54) is 7.11 Å². The van der Waals surface area contributed by atoms with E-state index in [2.05, 4.69) is 20.6 Å². The average Bonchev–Trinajstić information content (AvgIpc) is 2.46. The summed E-state index contributed by atoms with van der Waals surface area (Å²) in [4.78, 5) is 11.1. The minimum absolute atomic E-state index is 0.148. The van der Waals surface area contributed by atoms with Gasteiger partial charge >= 0.3 is 5.97 Å². The lowest BCUT2D eigenvalue weighted by Gasteiger charge is -2.07. The number of hydrogen-bond donors (Lipinski definition) is 2. The highest BCUT2D eigenvalue weighted by Crippen LogP contribution is 2.15. The molecule has 2 N–H and O–H groups in total. The van der Waals surface area contributed by atoms with Crippen molar-refractivity contribution in [3.8, 4) is 5.75 Å². The summed E-state index contributed by atoms with van der Waals surface area (Å²) in [5.41, 5.74) is 3.40. The number of para-hydroxylation sites is 1. The summed E-state index contributed by atoms with van der Waals surface area (Å²) in [6.45, 7) is 2.51. The van der Waals surface area contributed by atoms with Crippen molar-refractivity contribution >= 4 is 29.5 Å². The molecule has 0 fully saturated rings. The molecular formula is C13H17N3O3S. The van der Waals surface area contributed by atoms with Gasteiger partial charge in [0.25, 0.3) is 0 Å². The largest absolute Gasteiger partial charge is 0.481 e. The Balaban J connectivity index is 2.63. The first kappa shape index (κ1) is 15.9. The van der Waals surface area contributed by atoms with Gasteiger partial charge in [-0.2, -0.15) is 5.10 Å². The van der Waals surface area contributed by atoms with E-state index >= 15 is 0 Å². The molecular weight excluding hydrogens is 278 g/mol. The molecule has 0 unspecified atom stereocenters. The number of hydrazone groups is 1. The Morgan fingerprint density at radius 2 is 2.20 bits per heavy atom. The second kappa shape index (κ2) is 8.87. The minimum Gasteiger partial charge on any atom is -0.481 e. The summed E-state index contributed by atoms with van der Waals surface area (Å²) < 4.78 is 9.87. The Labute approximate surface area is 123 Å². The molecule has 0 spiro atoms. The first-order valence-corrected chi connectivity index (χ1v) is 6.43. The van der Waals surface area contributed by atoms with Gasteiger partial charge in [-0.1, -0.05) is 12.1 Å². The monoisotopic (exact) mass is 295 g/mol. The zero-order valence-corrected chi connectivity index (χ0v) is 12.2.